The zero-order valence-corrected chi connectivity index (χ0v) is 12.8. The second-order valence-electron chi connectivity index (χ2n) is 5.34. The van der Waals surface area contributed by atoms with E-state index in [-0.39, 0.29) is 24.1 Å². The molecule has 110 valence electrons. The Morgan fingerprint density at radius 2 is 2.05 bits per heavy atom. The molecule has 20 heavy (non-hydrogen) atoms. The maximum absolute atomic E-state index is 12.3. The van der Waals surface area contributed by atoms with Crippen LogP contribution >= 0.6 is 0 Å². The Balaban J connectivity index is 2.15. The van der Waals surface area contributed by atoms with Crippen molar-refractivity contribution in [3.8, 4) is 0 Å². The van der Waals surface area contributed by atoms with E-state index >= 15 is 0 Å². The van der Waals surface area contributed by atoms with Crippen molar-refractivity contribution in [2.45, 2.75) is 32.2 Å². The number of rotatable bonds is 4. The Hall–Kier alpha value is -1.36. The molecule has 1 heterocycles. The van der Waals surface area contributed by atoms with E-state index < -0.39 is 9.84 Å². The van der Waals surface area contributed by atoms with Crippen LogP contribution in [-0.2, 0) is 21.1 Å². The molecule has 1 aromatic rings. The average molecular weight is 295 g/mol. The lowest BCUT2D eigenvalue weighted by Crippen LogP contribution is -2.40. The molecule has 0 unspecified atom stereocenters. The second kappa shape index (κ2) is 5.95. The summed E-state index contributed by atoms with van der Waals surface area (Å²) in [6.07, 6.45) is 2.94. The molecule has 0 N–H and O–H groups in total. The number of nitrogens with zero attached hydrogens (tertiary/aromatic N) is 1. The van der Waals surface area contributed by atoms with Crippen LogP contribution in [0.15, 0.2) is 24.3 Å². The highest BCUT2D eigenvalue weighted by atomic mass is 32.2. The molecule has 1 aliphatic heterocycles. The van der Waals surface area contributed by atoms with Crippen LogP contribution in [0.1, 0.15) is 36.9 Å². The Morgan fingerprint density at radius 1 is 1.35 bits per heavy atom. The summed E-state index contributed by atoms with van der Waals surface area (Å²) in [5, 5.41) is 0. The highest BCUT2D eigenvalue weighted by Gasteiger charge is 2.29. The van der Waals surface area contributed by atoms with Gasteiger partial charge in [0.05, 0.1) is 11.8 Å². The fourth-order valence-corrected chi connectivity index (χ4v) is 3.35. The standard InChI is InChI=1S/C15H21NO3S/c1-3-14-13-7-5-4-6-12(13)8-10-16(14)15(17)9-11-20(2,18)19/h4-7,14H,3,8-11H2,1-2H3/t14-/m1/s1. The van der Waals surface area contributed by atoms with Crippen LogP contribution in [0.3, 0.4) is 0 Å². The van der Waals surface area contributed by atoms with Crippen molar-refractivity contribution in [3.63, 3.8) is 0 Å². The summed E-state index contributed by atoms with van der Waals surface area (Å²) in [5.74, 6) is -0.128. The molecule has 1 aromatic carbocycles. The third-order valence-corrected chi connectivity index (χ3v) is 4.75. The second-order valence-corrected chi connectivity index (χ2v) is 7.60. The summed E-state index contributed by atoms with van der Waals surface area (Å²) in [7, 11) is -3.09. The molecule has 5 heteroatoms. The van der Waals surface area contributed by atoms with Gasteiger partial charge in [-0.25, -0.2) is 8.42 Å². The normalized spacial score (nSPS) is 18.7. The Morgan fingerprint density at radius 3 is 2.70 bits per heavy atom. The van der Waals surface area contributed by atoms with Gasteiger partial charge in [0.25, 0.3) is 0 Å². The van der Waals surface area contributed by atoms with Crippen molar-refractivity contribution in [2.24, 2.45) is 0 Å². The minimum Gasteiger partial charge on any atom is -0.335 e. The number of carbonyl (C=O) groups excluding carboxylic acids is 1. The van der Waals surface area contributed by atoms with Gasteiger partial charge in [0.2, 0.25) is 5.91 Å². The molecule has 0 aromatic heterocycles. The van der Waals surface area contributed by atoms with Crippen molar-refractivity contribution in [3.05, 3.63) is 35.4 Å². The minimum atomic E-state index is -3.09. The van der Waals surface area contributed by atoms with E-state index in [1.54, 1.807) is 0 Å². The average Bonchev–Trinajstić information content (AvgIpc) is 2.42. The van der Waals surface area contributed by atoms with E-state index in [0.29, 0.717) is 6.54 Å². The maximum Gasteiger partial charge on any atom is 0.224 e. The molecule has 0 radical (unpaired) electrons. The van der Waals surface area contributed by atoms with Crippen LogP contribution in [0.25, 0.3) is 0 Å². The van der Waals surface area contributed by atoms with Gasteiger partial charge in [-0.05, 0) is 24.0 Å². The van der Waals surface area contributed by atoms with Crippen molar-refractivity contribution in [2.75, 3.05) is 18.6 Å². The van der Waals surface area contributed by atoms with Crippen LogP contribution in [0, 0.1) is 0 Å². The molecular formula is C15H21NO3S. The van der Waals surface area contributed by atoms with Crippen LogP contribution in [0.5, 0.6) is 0 Å². The maximum atomic E-state index is 12.3. The summed E-state index contributed by atoms with van der Waals surface area (Å²) in [6, 6.07) is 8.26. The summed E-state index contributed by atoms with van der Waals surface area (Å²) < 4.78 is 22.4. The van der Waals surface area contributed by atoms with Gasteiger partial charge >= 0.3 is 0 Å². The Kier molecular flexibility index (Phi) is 4.48. The summed E-state index contributed by atoms with van der Waals surface area (Å²) in [4.78, 5) is 14.1. The first-order valence-corrected chi connectivity index (χ1v) is 9.03. The highest BCUT2D eigenvalue weighted by Crippen LogP contribution is 2.32. The van der Waals surface area contributed by atoms with E-state index in [1.807, 2.05) is 17.0 Å². The molecule has 0 aliphatic carbocycles. The first kappa shape index (κ1) is 15.0. The number of fused-ring (bicyclic) bond motifs is 1. The summed E-state index contributed by atoms with van der Waals surface area (Å²) in [5.41, 5.74) is 2.50. The molecule has 0 bridgehead atoms. The molecular weight excluding hydrogens is 274 g/mol. The molecule has 0 fully saturated rings. The summed E-state index contributed by atoms with van der Waals surface area (Å²) in [6.45, 7) is 2.74. The van der Waals surface area contributed by atoms with Gasteiger partial charge in [-0.1, -0.05) is 31.2 Å². The zero-order chi connectivity index (χ0) is 14.8. The molecule has 2 rings (SSSR count). The smallest absolute Gasteiger partial charge is 0.224 e. The molecule has 1 atom stereocenters. The number of carbonyl (C=O) groups is 1. The SMILES string of the molecule is CC[C@@H]1c2ccccc2CCN1C(=O)CCS(C)(=O)=O. The van der Waals surface area contributed by atoms with E-state index in [9.17, 15) is 13.2 Å². The first-order chi connectivity index (χ1) is 9.42. The monoisotopic (exact) mass is 295 g/mol. The van der Waals surface area contributed by atoms with Gasteiger partial charge in [0.15, 0.2) is 0 Å². The molecule has 1 aliphatic rings. The predicted octanol–water partition coefficient (Wildman–Crippen LogP) is 1.96. The molecule has 0 spiro atoms. The Labute approximate surface area is 120 Å². The lowest BCUT2D eigenvalue weighted by atomic mass is 9.91. The molecule has 0 saturated carbocycles. The summed E-state index contributed by atoms with van der Waals surface area (Å²) >= 11 is 0. The van der Waals surface area contributed by atoms with E-state index in [1.165, 1.54) is 17.4 Å². The van der Waals surface area contributed by atoms with Crippen LogP contribution in [0.2, 0.25) is 0 Å². The fourth-order valence-electron chi connectivity index (χ4n) is 2.81. The number of sulfone groups is 1. The largest absolute Gasteiger partial charge is 0.335 e. The van der Waals surface area contributed by atoms with Crippen molar-refractivity contribution >= 4 is 15.7 Å². The van der Waals surface area contributed by atoms with Crippen LogP contribution < -0.4 is 0 Å². The molecule has 4 nitrogen and oxygen atoms in total. The lowest BCUT2D eigenvalue weighted by molar-refractivity contribution is -0.133. The van der Waals surface area contributed by atoms with Crippen LogP contribution in [-0.4, -0.2) is 37.8 Å². The quantitative estimate of drug-likeness (QED) is 0.853. The highest BCUT2D eigenvalue weighted by molar-refractivity contribution is 7.90. The molecule has 0 saturated heterocycles. The van der Waals surface area contributed by atoms with E-state index in [0.717, 1.165) is 12.8 Å². The minimum absolute atomic E-state index is 0.0585. The predicted molar refractivity (Wildman–Crippen MR) is 79.2 cm³/mol. The number of benzene rings is 1. The van der Waals surface area contributed by atoms with Gasteiger partial charge in [0, 0.05) is 19.2 Å². The van der Waals surface area contributed by atoms with Gasteiger partial charge in [-0.2, -0.15) is 0 Å². The van der Waals surface area contributed by atoms with Gasteiger partial charge < -0.3 is 4.90 Å². The van der Waals surface area contributed by atoms with Gasteiger partial charge in [-0.3, -0.25) is 4.79 Å². The number of hydrogen-bond donors (Lipinski definition) is 0. The zero-order valence-electron chi connectivity index (χ0n) is 12.0. The van der Waals surface area contributed by atoms with E-state index in [2.05, 4.69) is 19.1 Å². The fraction of sp³-hybridized carbons (Fsp3) is 0.533. The third kappa shape index (κ3) is 3.39. The lowest BCUT2D eigenvalue weighted by Gasteiger charge is -2.37. The first-order valence-electron chi connectivity index (χ1n) is 6.97. The van der Waals surface area contributed by atoms with Crippen molar-refractivity contribution in [1.82, 2.24) is 4.90 Å². The van der Waals surface area contributed by atoms with Gasteiger partial charge in [-0.15, -0.1) is 0 Å². The Bertz CT molecular complexity index is 595. The van der Waals surface area contributed by atoms with Crippen LogP contribution in [0.4, 0.5) is 0 Å². The number of amides is 1. The third-order valence-electron chi connectivity index (χ3n) is 3.81. The van der Waals surface area contributed by atoms with Crippen molar-refractivity contribution in [1.29, 1.82) is 0 Å². The molecule has 1 amide bonds. The number of hydrogen-bond acceptors (Lipinski definition) is 3. The van der Waals surface area contributed by atoms with Gasteiger partial charge in [0.1, 0.15) is 9.84 Å². The van der Waals surface area contributed by atoms with Crippen molar-refractivity contribution < 1.29 is 13.2 Å². The van der Waals surface area contributed by atoms with E-state index in [4.69, 9.17) is 0 Å². The topological polar surface area (TPSA) is 54.5 Å².